The van der Waals surface area contributed by atoms with Crippen molar-refractivity contribution in [3.63, 3.8) is 0 Å². The lowest BCUT2D eigenvalue weighted by Gasteiger charge is -2.08. The van der Waals surface area contributed by atoms with E-state index < -0.39 is 15.8 Å². The molecule has 0 radical (unpaired) electrons. The molecule has 1 aromatic rings. The monoisotopic (exact) mass is 325 g/mol. The van der Waals surface area contributed by atoms with Crippen LogP contribution in [0.2, 0.25) is 0 Å². The van der Waals surface area contributed by atoms with Gasteiger partial charge in [0.15, 0.2) is 9.84 Å². The molecule has 2 N–H and O–H groups in total. The van der Waals surface area contributed by atoms with E-state index in [4.69, 9.17) is 5.73 Å². The van der Waals surface area contributed by atoms with Crippen LogP contribution < -0.4 is 5.73 Å². The van der Waals surface area contributed by atoms with Crippen molar-refractivity contribution in [1.82, 2.24) is 0 Å². The molecule has 0 amide bonds. The first kappa shape index (κ1) is 18.4. The van der Waals surface area contributed by atoms with Gasteiger partial charge in [-0.3, -0.25) is 4.79 Å². The first-order valence-corrected chi connectivity index (χ1v) is 8.99. The van der Waals surface area contributed by atoms with E-state index in [0.717, 1.165) is 12.0 Å². The van der Waals surface area contributed by atoms with Crippen LogP contribution in [0.5, 0.6) is 0 Å². The lowest BCUT2D eigenvalue weighted by molar-refractivity contribution is -0.140. The third kappa shape index (κ3) is 8.59. The van der Waals surface area contributed by atoms with Crippen LogP contribution in [0.4, 0.5) is 0 Å². The molecule has 0 aromatic heterocycles. The van der Waals surface area contributed by atoms with E-state index in [1.807, 2.05) is 30.3 Å². The number of carbonyl (C=O) groups is 1. The van der Waals surface area contributed by atoms with Crippen molar-refractivity contribution in [2.45, 2.75) is 25.8 Å². The van der Waals surface area contributed by atoms with Crippen molar-refractivity contribution < 1.29 is 17.9 Å². The molecule has 0 aliphatic carbocycles. The fraction of sp³-hybridized carbons (Fsp3) is 0.438. The van der Waals surface area contributed by atoms with Gasteiger partial charge in [0.05, 0.1) is 11.5 Å². The SMILES string of the molecule is CC(=O)OCCS(=O)(=O)CC=CCC(N)Cc1ccccc1. The molecule has 22 heavy (non-hydrogen) atoms. The zero-order valence-electron chi connectivity index (χ0n) is 12.8. The second-order valence-electron chi connectivity index (χ2n) is 5.11. The zero-order valence-corrected chi connectivity index (χ0v) is 13.6. The Hall–Kier alpha value is -1.66. The van der Waals surface area contributed by atoms with Gasteiger partial charge in [0, 0.05) is 13.0 Å². The van der Waals surface area contributed by atoms with Crippen molar-refractivity contribution in [3.8, 4) is 0 Å². The molecule has 1 atom stereocenters. The minimum atomic E-state index is -3.24. The predicted octanol–water partition coefficient (Wildman–Crippen LogP) is 1.48. The summed E-state index contributed by atoms with van der Waals surface area (Å²) in [6, 6.07) is 9.88. The van der Waals surface area contributed by atoms with Crippen LogP contribution in [-0.4, -0.2) is 38.5 Å². The summed E-state index contributed by atoms with van der Waals surface area (Å²) in [5.74, 6) is -0.697. The average molecular weight is 325 g/mol. The molecule has 122 valence electrons. The third-order valence-corrected chi connectivity index (χ3v) is 4.49. The predicted molar refractivity (Wildman–Crippen MR) is 87.2 cm³/mol. The van der Waals surface area contributed by atoms with Crippen molar-refractivity contribution in [1.29, 1.82) is 0 Å². The van der Waals surface area contributed by atoms with Crippen LogP contribution in [0.25, 0.3) is 0 Å². The molecule has 0 heterocycles. The van der Waals surface area contributed by atoms with E-state index in [-0.39, 0.29) is 24.2 Å². The van der Waals surface area contributed by atoms with Crippen LogP contribution in [0.15, 0.2) is 42.5 Å². The van der Waals surface area contributed by atoms with Crippen molar-refractivity contribution in [3.05, 3.63) is 48.0 Å². The van der Waals surface area contributed by atoms with E-state index in [2.05, 4.69) is 4.74 Å². The Kier molecular flexibility index (Phi) is 7.84. The molecule has 0 aliphatic heterocycles. The van der Waals surface area contributed by atoms with Gasteiger partial charge in [-0.2, -0.15) is 0 Å². The Morgan fingerprint density at radius 1 is 1.27 bits per heavy atom. The van der Waals surface area contributed by atoms with E-state index >= 15 is 0 Å². The number of carbonyl (C=O) groups excluding carboxylic acids is 1. The first-order valence-electron chi connectivity index (χ1n) is 7.17. The van der Waals surface area contributed by atoms with Crippen LogP contribution in [-0.2, 0) is 25.8 Å². The average Bonchev–Trinajstić information content (AvgIpc) is 2.44. The summed E-state index contributed by atoms with van der Waals surface area (Å²) in [5.41, 5.74) is 7.18. The zero-order chi connectivity index (χ0) is 16.4. The molecule has 0 saturated heterocycles. The Morgan fingerprint density at radius 3 is 2.59 bits per heavy atom. The van der Waals surface area contributed by atoms with Gasteiger partial charge in [0.25, 0.3) is 0 Å². The highest BCUT2D eigenvalue weighted by atomic mass is 32.2. The minimum Gasteiger partial charge on any atom is -0.465 e. The van der Waals surface area contributed by atoms with Gasteiger partial charge in [-0.15, -0.1) is 0 Å². The number of rotatable bonds is 9. The van der Waals surface area contributed by atoms with Crippen LogP contribution in [0, 0.1) is 0 Å². The molecule has 5 nitrogen and oxygen atoms in total. The number of benzene rings is 1. The molecule has 0 aliphatic rings. The first-order chi connectivity index (χ1) is 10.4. The van der Waals surface area contributed by atoms with E-state index in [1.165, 1.54) is 6.92 Å². The third-order valence-electron chi connectivity index (χ3n) is 3.00. The van der Waals surface area contributed by atoms with E-state index in [1.54, 1.807) is 12.2 Å². The molecular weight excluding hydrogens is 302 g/mol. The molecule has 6 heteroatoms. The highest BCUT2D eigenvalue weighted by Gasteiger charge is 2.09. The van der Waals surface area contributed by atoms with Gasteiger partial charge in [-0.1, -0.05) is 42.5 Å². The molecule has 1 unspecified atom stereocenters. The fourth-order valence-electron chi connectivity index (χ4n) is 1.88. The number of sulfone groups is 1. The number of esters is 1. The standard InChI is InChI=1S/C16H23NO4S/c1-14(18)21-10-12-22(19,20)11-6-5-9-16(17)13-15-7-3-2-4-8-15/h2-8,16H,9-13,17H2,1H3. The van der Waals surface area contributed by atoms with Crippen molar-refractivity contribution in [2.75, 3.05) is 18.1 Å². The van der Waals surface area contributed by atoms with E-state index in [9.17, 15) is 13.2 Å². The molecule has 0 bridgehead atoms. The second-order valence-corrected chi connectivity index (χ2v) is 7.34. The van der Waals surface area contributed by atoms with Gasteiger partial charge in [0.2, 0.25) is 0 Å². The van der Waals surface area contributed by atoms with Crippen LogP contribution in [0.3, 0.4) is 0 Å². The van der Waals surface area contributed by atoms with Crippen LogP contribution >= 0.6 is 0 Å². The van der Waals surface area contributed by atoms with Crippen molar-refractivity contribution in [2.24, 2.45) is 5.73 Å². The lowest BCUT2D eigenvalue weighted by atomic mass is 10.0. The Labute approximate surface area is 132 Å². The maximum atomic E-state index is 11.7. The molecule has 1 aromatic carbocycles. The summed E-state index contributed by atoms with van der Waals surface area (Å²) >= 11 is 0. The fourth-order valence-corrected chi connectivity index (χ4v) is 2.81. The van der Waals surface area contributed by atoms with Crippen molar-refractivity contribution >= 4 is 15.8 Å². The van der Waals surface area contributed by atoms with E-state index in [0.29, 0.717) is 6.42 Å². The van der Waals surface area contributed by atoms with Gasteiger partial charge in [0.1, 0.15) is 6.61 Å². The number of nitrogens with two attached hydrogens (primary N) is 1. The number of hydrogen-bond acceptors (Lipinski definition) is 5. The largest absolute Gasteiger partial charge is 0.465 e. The summed E-state index contributed by atoms with van der Waals surface area (Å²) in [5, 5.41) is 0. The van der Waals surface area contributed by atoms with Gasteiger partial charge in [-0.05, 0) is 18.4 Å². The van der Waals surface area contributed by atoms with Crippen LogP contribution in [0.1, 0.15) is 18.9 Å². The Balaban J connectivity index is 2.28. The maximum Gasteiger partial charge on any atom is 0.302 e. The molecule has 0 spiro atoms. The van der Waals surface area contributed by atoms with Gasteiger partial charge < -0.3 is 10.5 Å². The molecular formula is C16H23NO4S. The molecule has 1 rings (SSSR count). The normalized spacial score (nSPS) is 13.2. The summed E-state index contributed by atoms with van der Waals surface area (Å²) in [7, 11) is -3.24. The summed E-state index contributed by atoms with van der Waals surface area (Å²) < 4.78 is 28.0. The Bertz CT molecular complexity index is 581. The van der Waals surface area contributed by atoms with Gasteiger partial charge >= 0.3 is 5.97 Å². The topological polar surface area (TPSA) is 86.5 Å². The number of hydrogen-bond donors (Lipinski definition) is 1. The molecule has 0 saturated carbocycles. The summed E-state index contributed by atoms with van der Waals surface area (Å²) in [4.78, 5) is 10.6. The number of ether oxygens (including phenoxy) is 1. The summed E-state index contributed by atoms with van der Waals surface area (Å²) in [6.45, 7) is 1.15. The quantitative estimate of drug-likeness (QED) is 0.549. The molecule has 0 fully saturated rings. The maximum absolute atomic E-state index is 11.7. The smallest absolute Gasteiger partial charge is 0.302 e. The second kappa shape index (κ2) is 9.38. The van der Waals surface area contributed by atoms with Gasteiger partial charge in [-0.25, -0.2) is 8.42 Å². The minimum absolute atomic E-state index is 0.0394. The highest BCUT2D eigenvalue weighted by Crippen LogP contribution is 2.04. The Morgan fingerprint density at radius 2 is 1.95 bits per heavy atom. The highest BCUT2D eigenvalue weighted by molar-refractivity contribution is 7.91. The lowest BCUT2D eigenvalue weighted by Crippen LogP contribution is -2.22. The summed E-state index contributed by atoms with van der Waals surface area (Å²) in [6.07, 6.45) is 4.77.